The number of methoxy groups -OCH3 is 1. The first-order chi connectivity index (χ1) is 16.1. The van der Waals surface area contributed by atoms with Gasteiger partial charge < -0.3 is 19.2 Å². The van der Waals surface area contributed by atoms with Crippen LogP contribution < -0.4 is 4.74 Å². The summed E-state index contributed by atoms with van der Waals surface area (Å²) in [7, 11) is 1.68. The highest BCUT2D eigenvalue weighted by Gasteiger charge is 2.33. The molecule has 0 amide bonds. The lowest BCUT2D eigenvalue weighted by molar-refractivity contribution is -0.146. The van der Waals surface area contributed by atoms with Crippen LogP contribution in [0.3, 0.4) is 0 Å². The van der Waals surface area contributed by atoms with Crippen LogP contribution in [-0.4, -0.2) is 47.7 Å². The Bertz CT molecular complexity index is 1030. The average molecular weight is 451 g/mol. The Labute approximate surface area is 195 Å². The van der Waals surface area contributed by atoms with E-state index < -0.39 is 5.97 Å². The van der Waals surface area contributed by atoms with E-state index >= 15 is 0 Å². The second-order valence-electron chi connectivity index (χ2n) is 9.08. The molecule has 3 aromatic rings. The summed E-state index contributed by atoms with van der Waals surface area (Å²) in [4.78, 5) is 18.8. The summed E-state index contributed by atoms with van der Waals surface area (Å²) in [6.07, 6.45) is 10.4. The third kappa shape index (κ3) is 6.14. The van der Waals surface area contributed by atoms with Gasteiger partial charge in [0.15, 0.2) is 0 Å². The van der Waals surface area contributed by atoms with E-state index in [0.717, 1.165) is 80.4 Å². The minimum absolute atomic E-state index is 0.240. The largest absolute Gasteiger partial charge is 0.497 e. The number of aliphatic carboxylic acids is 1. The zero-order valence-electron chi connectivity index (χ0n) is 19.4. The number of carboxylic acid groups (broad SMARTS) is 1. The molecule has 1 N–H and O–H groups in total. The van der Waals surface area contributed by atoms with Gasteiger partial charge in [-0.15, -0.1) is 0 Å². The van der Waals surface area contributed by atoms with Gasteiger partial charge >= 0.3 is 5.97 Å². The van der Waals surface area contributed by atoms with Gasteiger partial charge in [-0.2, -0.15) is 0 Å². The van der Waals surface area contributed by atoms with Crippen LogP contribution >= 0.6 is 0 Å². The summed E-state index contributed by atoms with van der Waals surface area (Å²) in [5, 5.41) is 11.0. The monoisotopic (exact) mass is 450 g/mol. The highest BCUT2D eigenvalue weighted by atomic mass is 16.5. The Morgan fingerprint density at radius 2 is 2.12 bits per heavy atom. The summed E-state index contributed by atoms with van der Waals surface area (Å²) in [5.41, 5.74) is 2.22. The predicted molar refractivity (Wildman–Crippen MR) is 129 cm³/mol. The molecule has 0 spiro atoms. The van der Waals surface area contributed by atoms with Gasteiger partial charge in [-0.1, -0.05) is 0 Å². The fourth-order valence-electron chi connectivity index (χ4n) is 5.07. The van der Waals surface area contributed by atoms with E-state index in [9.17, 15) is 9.90 Å². The van der Waals surface area contributed by atoms with Crippen molar-refractivity contribution in [1.29, 1.82) is 0 Å². The maximum Gasteiger partial charge on any atom is 0.308 e. The molecule has 1 fully saturated rings. The first-order valence-electron chi connectivity index (χ1n) is 12.0. The van der Waals surface area contributed by atoms with Gasteiger partial charge in [0.1, 0.15) is 11.5 Å². The molecular weight excluding hydrogens is 416 g/mol. The van der Waals surface area contributed by atoms with E-state index in [1.807, 2.05) is 36.5 Å². The van der Waals surface area contributed by atoms with Crippen molar-refractivity contribution in [3.05, 3.63) is 60.2 Å². The van der Waals surface area contributed by atoms with Crippen LogP contribution in [0.1, 0.15) is 43.4 Å². The molecule has 33 heavy (non-hydrogen) atoms. The number of furan rings is 1. The van der Waals surface area contributed by atoms with E-state index in [-0.39, 0.29) is 11.8 Å². The number of nitrogens with zero attached hydrogens (tertiary/aromatic N) is 2. The molecule has 176 valence electrons. The van der Waals surface area contributed by atoms with E-state index in [2.05, 4.69) is 16.0 Å². The standard InChI is InChI=1S/C27H34N2O4/c1-32-23-10-11-26-24(18-23)20(12-14-28-26)6-4-7-21-13-16-29(19-25(21)27(30)31)15-3-2-8-22-9-5-17-33-22/h5,9-12,14,17-18,21,25H,2-4,6-8,13,15-16,19H2,1H3,(H,30,31)/t21-,25+/m1/s1. The van der Waals surface area contributed by atoms with E-state index in [1.165, 1.54) is 5.56 Å². The van der Waals surface area contributed by atoms with Crippen LogP contribution in [-0.2, 0) is 17.6 Å². The van der Waals surface area contributed by atoms with Gasteiger partial charge in [0.2, 0.25) is 0 Å². The van der Waals surface area contributed by atoms with Crippen LogP contribution in [0.15, 0.2) is 53.3 Å². The Morgan fingerprint density at radius 3 is 2.91 bits per heavy atom. The first-order valence-corrected chi connectivity index (χ1v) is 12.0. The van der Waals surface area contributed by atoms with Crippen LogP contribution in [0, 0.1) is 11.8 Å². The van der Waals surface area contributed by atoms with Gasteiger partial charge in [-0.25, -0.2) is 0 Å². The Hall–Kier alpha value is -2.86. The lowest BCUT2D eigenvalue weighted by atomic mass is 9.81. The minimum Gasteiger partial charge on any atom is -0.497 e. The number of ether oxygens (including phenoxy) is 1. The van der Waals surface area contributed by atoms with Crippen molar-refractivity contribution in [2.45, 2.75) is 44.9 Å². The molecular formula is C27H34N2O4. The molecule has 0 unspecified atom stereocenters. The Balaban J connectivity index is 1.27. The van der Waals surface area contributed by atoms with Crippen molar-refractivity contribution in [2.24, 2.45) is 11.8 Å². The molecule has 2 aromatic heterocycles. The SMILES string of the molecule is COc1ccc2nccc(CCC[C@@H]3CCN(CCCCc4ccco4)C[C@@H]3C(=O)O)c2c1. The molecule has 1 aliphatic rings. The number of hydrogen-bond donors (Lipinski definition) is 1. The van der Waals surface area contributed by atoms with Crippen molar-refractivity contribution >= 4 is 16.9 Å². The fourth-order valence-corrected chi connectivity index (χ4v) is 5.07. The fraction of sp³-hybridized carbons (Fsp3) is 0.481. The summed E-state index contributed by atoms with van der Waals surface area (Å²) in [5.74, 6) is 1.17. The lowest BCUT2D eigenvalue weighted by Crippen LogP contribution is -2.44. The topological polar surface area (TPSA) is 75.8 Å². The average Bonchev–Trinajstić information content (AvgIpc) is 3.36. The zero-order chi connectivity index (χ0) is 23.0. The smallest absolute Gasteiger partial charge is 0.308 e. The molecule has 0 aliphatic carbocycles. The van der Waals surface area contributed by atoms with Gasteiger partial charge in [0.25, 0.3) is 0 Å². The number of rotatable bonds is 11. The quantitative estimate of drug-likeness (QED) is 0.405. The summed E-state index contributed by atoms with van der Waals surface area (Å²) in [6.45, 7) is 2.61. The minimum atomic E-state index is -0.653. The van der Waals surface area contributed by atoms with Crippen molar-refractivity contribution < 1.29 is 19.1 Å². The highest BCUT2D eigenvalue weighted by molar-refractivity contribution is 5.83. The van der Waals surface area contributed by atoms with Crippen molar-refractivity contribution in [3.63, 3.8) is 0 Å². The molecule has 2 atom stereocenters. The maximum atomic E-state index is 12.0. The number of hydrogen-bond acceptors (Lipinski definition) is 5. The third-order valence-electron chi connectivity index (χ3n) is 6.94. The number of pyridine rings is 1. The second-order valence-corrected chi connectivity index (χ2v) is 9.08. The van der Waals surface area contributed by atoms with E-state index in [4.69, 9.17) is 9.15 Å². The molecule has 0 radical (unpaired) electrons. The first kappa shape index (κ1) is 23.3. The van der Waals surface area contributed by atoms with Crippen molar-refractivity contribution in [2.75, 3.05) is 26.7 Å². The van der Waals surface area contributed by atoms with Crippen LogP contribution in [0.25, 0.3) is 10.9 Å². The summed E-state index contributed by atoms with van der Waals surface area (Å²) < 4.78 is 10.8. The molecule has 1 aliphatic heterocycles. The van der Waals surface area contributed by atoms with Crippen LogP contribution in [0.5, 0.6) is 5.75 Å². The second kappa shape index (κ2) is 11.3. The number of unbranched alkanes of at least 4 members (excludes halogenated alkanes) is 1. The number of piperidine rings is 1. The summed E-state index contributed by atoms with van der Waals surface area (Å²) in [6, 6.07) is 12.0. The molecule has 6 heteroatoms. The Kier molecular flexibility index (Phi) is 8.00. The number of carbonyl (C=O) groups is 1. The number of benzene rings is 1. The molecule has 6 nitrogen and oxygen atoms in total. The van der Waals surface area contributed by atoms with E-state index in [1.54, 1.807) is 13.4 Å². The number of aromatic nitrogens is 1. The van der Waals surface area contributed by atoms with Gasteiger partial charge in [-0.05, 0) is 99.5 Å². The normalized spacial score (nSPS) is 19.1. The van der Waals surface area contributed by atoms with Gasteiger partial charge in [-0.3, -0.25) is 9.78 Å². The van der Waals surface area contributed by atoms with Crippen LogP contribution in [0.4, 0.5) is 0 Å². The molecule has 3 heterocycles. The highest BCUT2D eigenvalue weighted by Crippen LogP contribution is 2.30. The Morgan fingerprint density at radius 1 is 1.21 bits per heavy atom. The van der Waals surface area contributed by atoms with Crippen LogP contribution in [0.2, 0.25) is 0 Å². The molecule has 0 bridgehead atoms. The third-order valence-corrected chi connectivity index (χ3v) is 6.94. The maximum absolute atomic E-state index is 12.0. The number of fused-ring (bicyclic) bond motifs is 1. The number of likely N-dealkylation sites (tertiary alicyclic amines) is 1. The summed E-state index contributed by atoms with van der Waals surface area (Å²) >= 11 is 0. The zero-order valence-corrected chi connectivity index (χ0v) is 19.4. The molecule has 4 rings (SSSR count). The van der Waals surface area contributed by atoms with Gasteiger partial charge in [0.05, 0.1) is 24.8 Å². The molecule has 1 aromatic carbocycles. The lowest BCUT2D eigenvalue weighted by Gasteiger charge is -2.36. The van der Waals surface area contributed by atoms with Crippen molar-refractivity contribution in [1.82, 2.24) is 9.88 Å². The van der Waals surface area contributed by atoms with Crippen molar-refractivity contribution in [3.8, 4) is 5.75 Å². The number of aryl methyl sites for hydroxylation is 2. The van der Waals surface area contributed by atoms with E-state index in [0.29, 0.717) is 6.54 Å². The van der Waals surface area contributed by atoms with Gasteiger partial charge in [0, 0.05) is 24.5 Å². The molecule has 0 saturated carbocycles. The molecule has 1 saturated heterocycles. The predicted octanol–water partition coefficient (Wildman–Crippen LogP) is 5.20. The number of carboxylic acids is 1.